The number of rotatable bonds is 1. The second-order valence-electron chi connectivity index (χ2n) is 5.57. The second kappa shape index (κ2) is 4.47. The monoisotopic (exact) mass is 295 g/mol. The summed E-state index contributed by atoms with van der Waals surface area (Å²) < 4.78 is 2.03. The van der Waals surface area contributed by atoms with Crippen LogP contribution >= 0.6 is 11.6 Å². The van der Waals surface area contributed by atoms with Crippen LogP contribution in [-0.4, -0.2) is 10.4 Å². The topological polar surface area (TPSA) is 22.0 Å². The lowest BCUT2D eigenvalue weighted by atomic mass is 9.92. The summed E-state index contributed by atoms with van der Waals surface area (Å²) in [6.45, 7) is 0. The van der Waals surface area contributed by atoms with Crippen LogP contribution in [0, 0.1) is 0 Å². The normalized spacial score (nSPS) is 17.4. The quantitative estimate of drug-likeness (QED) is 0.645. The van der Waals surface area contributed by atoms with Gasteiger partial charge in [-0.1, -0.05) is 41.9 Å². The Balaban J connectivity index is 1.98. The molecule has 104 valence electrons. The van der Waals surface area contributed by atoms with Gasteiger partial charge in [0.2, 0.25) is 0 Å². The van der Waals surface area contributed by atoms with Crippen LogP contribution in [0.3, 0.4) is 0 Å². The number of carbonyl (C=O) groups excluding carboxylic acids is 1. The summed E-state index contributed by atoms with van der Waals surface area (Å²) >= 11 is 5.98. The zero-order valence-electron chi connectivity index (χ0n) is 11.6. The summed E-state index contributed by atoms with van der Waals surface area (Å²) in [6, 6.07) is 16.1. The van der Waals surface area contributed by atoms with Gasteiger partial charge in [-0.3, -0.25) is 4.79 Å². The van der Waals surface area contributed by atoms with E-state index in [1.165, 1.54) is 10.9 Å². The molecule has 21 heavy (non-hydrogen) atoms. The van der Waals surface area contributed by atoms with Crippen molar-refractivity contribution in [2.45, 2.75) is 12.3 Å². The standard InChI is InChI=1S/C18H14ClNO/c1-20-15-5-3-2-4-13(15)17-14(10-16(21)18(17)20)11-6-8-12(19)9-7-11/h2-9,14H,10H2,1H3/t14-/m1/s1. The van der Waals surface area contributed by atoms with Crippen molar-refractivity contribution in [2.24, 2.45) is 7.05 Å². The Bertz CT molecular complexity index is 861. The van der Waals surface area contributed by atoms with Crippen molar-refractivity contribution in [1.29, 1.82) is 0 Å². The Hall–Kier alpha value is -2.06. The molecule has 3 heteroatoms. The number of nitrogens with zero attached hydrogens (tertiary/aromatic N) is 1. The summed E-state index contributed by atoms with van der Waals surface area (Å²) in [4.78, 5) is 12.5. The number of para-hydroxylation sites is 1. The van der Waals surface area contributed by atoms with Gasteiger partial charge in [-0.15, -0.1) is 0 Å². The van der Waals surface area contributed by atoms with Gasteiger partial charge in [0.25, 0.3) is 0 Å². The van der Waals surface area contributed by atoms with Gasteiger partial charge >= 0.3 is 0 Å². The molecule has 0 spiro atoms. The fourth-order valence-electron chi connectivity index (χ4n) is 3.48. The van der Waals surface area contributed by atoms with Gasteiger partial charge in [-0.25, -0.2) is 0 Å². The number of aryl methyl sites for hydroxylation is 1. The molecule has 2 aromatic carbocycles. The van der Waals surface area contributed by atoms with Crippen molar-refractivity contribution in [1.82, 2.24) is 4.57 Å². The number of benzene rings is 2. The number of fused-ring (bicyclic) bond motifs is 3. The molecule has 4 rings (SSSR count). The van der Waals surface area contributed by atoms with Crippen LogP contribution in [0.1, 0.15) is 34.0 Å². The van der Waals surface area contributed by atoms with Crippen molar-refractivity contribution < 1.29 is 4.79 Å². The molecule has 1 atom stereocenters. The van der Waals surface area contributed by atoms with Crippen LogP contribution in [0.4, 0.5) is 0 Å². The Morgan fingerprint density at radius 2 is 1.81 bits per heavy atom. The van der Waals surface area contributed by atoms with Gasteiger partial charge in [-0.2, -0.15) is 0 Å². The van der Waals surface area contributed by atoms with Gasteiger partial charge in [-0.05, 0) is 29.3 Å². The molecule has 0 N–H and O–H groups in total. The van der Waals surface area contributed by atoms with Gasteiger partial charge in [0.1, 0.15) is 0 Å². The average Bonchev–Trinajstić information content (AvgIpc) is 2.98. The minimum absolute atomic E-state index is 0.135. The number of halogens is 1. The molecule has 0 saturated carbocycles. The molecule has 1 aromatic heterocycles. The summed E-state index contributed by atoms with van der Waals surface area (Å²) in [7, 11) is 1.98. The minimum Gasteiger partial charge on any atom is -0.341 e. The number of hydrogen-bond donors (Lipinski definition) is 0. The maximum Gasteiger partial charge on any atom is 0.180 e. The molecular weight excluding hydrogens is 282 g/mol. The zero-order valence-corrected chi connectivity index (χ0v) is 12.4. The first-order valence-corrected chi connectivity index (χ1v) is 7.40. The first-order chi connectivity index (χ1) is 10.2. The molecule has 1 aliphatic rings. The lowest BCUT2D eigenvalue weighted by molar-refractivity contribution is 0.0984. The Morgan fingerprint density at radius 1 is 1.10 bits per heavy atom. The maximum absolute atomic E-state index is 12.5. The van der Waals surface area contributed by atoms with Crippen LogP contribution in [0.5, 0.6) is 0 Å². The molecule has 0 unspecified atom stereocenters. The largest absolute Gasteiger partial charge is 0.341 e. The first kappa shape index (κ1) is 12.7. The molecule has 1 aliphatic carbocycles. The molecule has 0 aliphatic heterocycles. The predicted molar refractivity (Wildman–Crippen MR) is 85.2 cm³/mol. The van der Waals surface area contributed by atoms with Gasteiger partial charge in [0.15, 0.2) is 5.78 Å². The number of carbonyl (C=O) groups is 1. The van der Waals surface area contributed by atoms with E-state index in [1.54, 1.807) is 0 Å². The summed E-state index contributed by atoms with van der Waals surface area (Å²) in [5, 5.41) is 1.90. The van der Waals surface area contributed by atoms with E-state index in [2.05, 4.69) is 12.1 Å². The Morgan fingerprint density at radius 3 is 2.57 bits per heavy atom. The molecule has 0 saturated heterocycles. The third-order valence-electron chi connectivity index (χ3n) is 4.42. The van der Waals surface area contributed by atoms with E-state index in [0.29, 0.717) is 6.42 Å². The fraction of sp³-hybridized carbons (Fsp3) is 0.167. The minimum atomic E-state index is 0.135. The highest BCUT2D eigenvalue weighted by Crippen LogP contribution is 2.43. The number of ketones is 1. The van der Waals surface area contributed by atoms with Crippen molar-refractivity contribution in [3.63, 3.8) is 0 Å². The van der Waals surface area contributed by atoms with E-state index in [0.717, 1.165) is 21.8 Å². The molecule has 3 aromatic rings. The van der Waals surface area contributed by atoms with E-state index < -0.39 is 0 Å². The lowest BCUT2D eigenvalue weighted by Crippen LogP contribution is -2.01. The van der Waals surface area contributed by atoms with E-state index in [9.17, 15) is 4.79 Å². The summed E-state index contributed by atoms with van der Waals surface area (Å²) in [5.74, 6) is 0.361. The molecule has 0 bridgehead atoms. The molecule has 0 amide bonds. The van der Waals surface area contributed by atoms with Crippen LogP contribution in [0.2, 0.25) is 5.02 Å². The predicted octanol–water partition coefficient (Wildman–Crippen LogP) is 4.55. The van der Waals surface area contributed by atoms with Gasteiger partial charge < -0.3 is 4.57 Å². The van der Waals surface area contributed by atoms with Gasteiger partial charge in [0, 0.05) is 35.3 Å². The molecule has 0 radical (unpaired) electrons. The molecule has 1 heterocycles. The lowest BCUT2D eigenvalue weighted by Gasteiger charge is -2.11. The van der Waals surface area contributed by atoms with Crippen molar-refractivity contribution >= 4 is 28.3 Å². The highest BCUT2D eigenvalue weighted by molar-refractivity contribution is 6.30. The Kier molecular flexibility index (Phi) is 2.69. The molecular formula is C18H14ClNO. The third-order valence-corrected chi connectivity index (χ3v) is 4.67. The van der Waals surface area contributed by atoms with E-state index in [4.69, 9.17) is 11.6 Å². The summed E-state index contributed by atoms with van der Waals surface area (Å²) in [5.41, 5.74) is 4.30. The highest BCUT2D eigenvalue weighted by atomic mass is 35.5. The second-order valence-corrected chi connectivity index (χ2v) is 6.01. The van der Waals surface area contributed by atoms with Crippen LogP contribution in [0.15, 0.2) is 48.5 Å². The van der Waals surface area contributed by atoms with Crippen molar-refractivity contribution in [3.05, 3.63) is 70.4 Å². The van der Waals surface area contributed by atoms with Crippen LogP contribution < -0.4 is 0 Å². The highest BCUT2D eigenvalue weighted by Gasteiger charge is 2.35. The number of aromatic nitrogens is 1. The third kappa shape index (κ3) is 1.76. The van der Waals surface area contributed by atoms with E-state index in [-0.39, 0.29) is 11.7 Å². The van der Waals surface area contributed by atoms with E-state index in [1.807, 2.05) is 48.0 Å². The zero-order chi connectivity index (χ0) is 14.6. The number of Topliss-reactive ketones (excluding diaryl/α,β-unsaturated/α-hetero) is 1. The maximum atomic E-state index is 12.5. The molecule has 2 nitrogen and oxygen atoms in total. The first-order valence-electron chi connectivity index (χ1n) is 7.03. The summed E-state index contributed by atoms with van der Waals surface area (Å²) in [6.07, 6.45) is 0.547. The SMILES string of the molecule is Cn1c2c(c3ccccc31)[C@@H](c1ccc(Cl)cc1)CC2=O. The number of hydrogen-bond acceptors (Lipinski definition) is 1. The van der Waals surface area contributed by atoms with Crippen molar-refractivity contribution in [2.75, 3.05) is 0 Å². The van der Waals surface area contributed by atoms with Crippen LogP contribution in [0.25, 0.3) is 10.9 Å². The Labute approximate surface area is 128 Å². The van der Waals surface area contributed by atoms with Gasteiger partial charge in [0.05, 0.1) is 5.69 Å². The average molecular weight is 296 g/mol. The fourth-order valence-corrected chi connectivity index (χ4v) is 3.60. The van der Waals surface area contributed by atoms with Crippen LogP contribution in [-0.2, 0) is 7.05 Å². The molecule has 0 fully saturated rings. The van der Waals surface area contributed by atoms with E-state index >= 15 is 0 Å². The smallest absolute Gasteiger partial charge is 0.180 e. The van der Waals surface area contributed by atoms with Crippen molar-refractivity contribution in [3.8, 4) is 0 Å².